The van der Waals surface area contributed by atoms with Crippen LogP contribution in [0.25, 0.3) is 0 Å². The van der Waals surface area contributed by atoms with E-state index in [1.807, 2.05) is 0 Å². The third kappa shape index (κ3) is 3.59. The van der Waals surface area contributed by atoms with Gasteiger partial charge in [-0.1, -0.05) is 15.9 Å². The number of carbonyl (C=O) groups is 1. The largest absolute Gasteiger partial charge is 0.478 e. The van der Waals surface area contributed by atoms with Crippen LogP contribution < -0.4 is 4.74 Å². The number of carboxylic acids is 1. The molecule has 0 unspecified atom stereocenters. The molecular formula is C13H10BrNO5S. The first-order valence-electron chi connectivity index (χ1n) is 5.65. The molecule has 0 bridgehead atoms. The number of ether oxygens (including phenoxy) is 1. The van der Waals surface area contributed by atoms with Gasteiger partial charge in [0, 0.05) is 16.9 Å². The minimum Gasteiger partial charge on any atom is -0.478 e. The number of benzene rings is 1. The van der Waals surface area contributed by atoms with Gasteiger partial charge in [-0.25, -0.2) is 18.2 Å². The highest BCUT2D eigenvalue weighted by atomic mass is 79.9. The molecule has 2 aromatic rings. The molecule has 21 heavy (non-hydrogen) atoms. The number of halogens is 1. The van der Waals surface area contributed by atoms with Gasteiger partial charge in [0.1, 0.15) is 16.2 Å². The van der Waals surface area contributed by atoms with Gasteiger partial charge >= 0.3 is 5.97 Å². The van der Waals surface area contributed by atoms with Crippen molar-refractivity contribution < 1.29 is 23.1 Å². The van der Waals surface area contributed by atoms with Crippen LogP contribution in [0.4, 0.5) is 0 Å². The molecule has 0 atom stereocenters. The molecule has 0 aliphatic heterocycles. The molecule has 1 aromatic heterocycles. The van der Waals surface area contributed by atoms with E-state index in [9.17, 15) is 13.2 Å². The summed E-state index contributed by atoms with van der Waals surface area (Å²) in [5.41, 5.74) is -0.102. The van der Waals surface area contributed by atoms with Crippen molar-refractivity contribution in [1.82, 2.24) is 4.98 Å². The van der Waals surface area contributed by atoms with E-state index >= 15 is 0 Å². The van der Waals surface area contributed by atoms with E-state index in [4.69, 9.17) is 9.84 Å². The Labute approximate surface area is 129 Å². The molecule has 0 saturated carbocycles. The summed E-state index contributed by atoms with van der Waals surface area (Å²) in [4.78, 5) is 15.0. The van der Waals surface area contributed by atoms with Crippen LogP contribution in [0.15, 0.2) is 45.9 Å². The molecule has 0 spiro atoms. The fourth-order valence-corrected chi connectivity index (χ4v) is 2.70. The number of aromatic carboxylic acids is 1. The van der Waals surface area contributed by atoms with Gasteiger partial charge in [0.25, 0.3) is 0 Å². The number of rotatable bonds is 4. The van der Waals surface area contributed by atoms with Gasteiger partial charge in [-0.3, -0.25) is 0 Å². The molecular weight excluding hydrogens is 362 g/mol. The van der Waals surface area contributed by atoms with Crippen molar-refractivity contribution in [2.45, 2.75) is 4.90 Å². The van der Waals surface area contributed by atoms with Crippen LogP contribution >= 0.6 is 15.9 Å². The van der Waals surface area contributed by atoms with E-state index in [-0.39, 0.29) is 22.1 Å². The molecule has 1 heterocycles. The Morgan fingerprint density at radius 2 is 2.05 bits per heavy atom. The first kappa shape index (κ1) is 15.5. The maximum Gasteiger partial charge on any atom is 0.339 e. The van der Waals surface area contributed by atoms with Crippen molar-refractivity contribution >= 4 is 31.7 Å². The number of sulfone groups is 1. The Hall–Kier alpha value is -1.93. The lowest BCUT2D eigenvalue weighted by molar-refractivity contribution is 0.0694. The molecule has 0 aliphatic rings. The summed E-state index contributed by atoms with van der Waals surface area (Å²) in [5, 5.41) is 9.16. The maximum atomic E-state index is 11.7. The van der Waals surface area contributed by atoms with Crippen LogP contribution in [0.2, 0.25) is 0 Å². The van der Waals surface area contributed by atoms with Gasteiger partial charge in [-0.15, -0.1) is 0 Å². The zero-order valence-electron chi connectivity index (χ0n) is 10.8. The van der Waals surface area contributed by atoms with Crippen molar-refractivity contribution in [2.24, 2.45) is 0 Å². The van der Waals surface area contributed by atoms with E-state index in [0.717, 1.165) is 6.26 Å². The molecule has 1 N–H and O–H groups in total. The molecule has 6 nitrogen and oxygen atoms in total. The Bertz CT molecular complexity index is 804. The summed E-state index contributed by atoms with van der Waals surface area (Å²) < 4.78 is 29.3. The second-order valence-corrected chi connectivity index (χ2v) is 7.03. The summed E-state index contributed by atoms with van der Waals surface area (Å²) in [6.45, 7) is 0. The highest BCUT2D eigenvalue weighted by Gasteiger charge is 2.19. The highest BCUT2D eigenvalue weighted by molar-refractivity contribution is 9.10. The highest BCUT2D eigenvalue weighted by Crippen LogP contribution is 2.30. The van der Waals surface area contributed by atoms with Gasteiger partial charge in [0.05, 0.1) is 0 Å². The Balaban J connectivity index is 2.52. The van der Waals surface area contributed by atoms with Gasteiger partial charge in [0.15, 0.2) is 9.84 Å². The van der Waals surface area contributed by atoms with Gasteiger partial charge in [-0.05, 0) is 30.3 Å². The fourth-order valence-electron chi connectivity index (χ4n) is 1.60. The molecule has 0 fully saturated rings. The minimum absolute atomic E-state index is 0.00861. The summed E-state index contributed by atoms with van der Waals surface area (Å²) >= 11 is 3.17. The quantitative estimate of drug-likeness (QED) is 0.887. The van der Waals surface area contributed by atoms with Crippen molar-refractivity contribution in [1.29, 1.82) is 0 Å². The topological polar surface area (TPSA) is 93.6 Å². The second kappa shape index (κ2) is 5.82. The van der Waals surface area contributed by atoms with Gasteiger partial charge in [0.2, 0.25) is 5.88 Å². The van der Waals surface area contributed by atoms with Crippen molar-refractivity contribution in [3.05, 3.63) is 46.6 Å². The van der Waals surface area contributed by atoms with E-state index in [1.165, 1.54) is 30.5 Å². The van der Waals surface area contributed by atoms with Crippen LogP contribution in [0, 0.1) is 0 Å². The SMILES string of the molecule is CS(=O)(=O)c1cccnc1Oc1ccc(Br)cc1C(=O)O. The molecule has 1 aromatic carbocycles. The van der Waals surface area contributed by atoms with Crippen LogP contribution in [-0.2, 0) is 9.84 Å². The molecule has 0 amide bonds. The van der Waals surface area contributed by atoms with E-state index in [2.05, 4.69) is 20.9 Å². The lowest BCUT2D eigenvalue weighted by Crippen LogP contribution is -2.04. The Morgan fingerprint density at radius 3 is 2.67 bits per heavy atom. The zero-order chi connectivity index (χ0) is 15.6. The lowest BCUT2D eigenvalue weighted by atomic mass is 10.2. The molecule has 0 aliphatic carbocycles. The maximum absolute atomic E-state index is 11.7. The first-order valence-corrected chi connectivity index (χ1v) is 8.33. The summed E-state index contributed by atoms with van der Waals surface area (Å²) in [5.74, 6) is -1.35. The number of hydrogen-bond acceptors (Lipinski definition) is 5. The molecule has 0 saturated heterocycles. The predicted molar refractivity (Wildman–Crippen MR) is 78.5 cm³/mol. The number of carboxylic acid groups (broad SMARTS) is 1. The average molecular weight is 372 g/mol. The predicted octanol–water partition coefficient (Wildman–Crippen LogP) is 2.74. The van der Waals surface area contributed by atoms with E-state index in [0.29, 0.717) is 4.47 Å². The molecule has 110 valence electrons. The smallest absolute Gasteiger partial charge is 0.339 e. The van der Waals surface area contributed by atoms with Crippen molar-refractivity contribution in [3.63, 3.8) is 0 Å². The number of nitrogens with zero attached hydrogens (tertiary/aromatic N) is 1. The number of pyridine rings is 1. The first-order chi connectivity index (χ1) is 9.79. The van der Waals surface area contributed by atoms with Crippen LogP contribution in [0.1, 0.15) is 10.4 Å². The van der Waals surface area contributed by atoms with Crippen molar-refractivity contribution in [2.75, 3.05) is 6.26 Å². The Morgan fingerprint density at radius 1 is 1.33 bits per heavy atom. The molecule has 0 radical (unpaired) electrons. The van der Waals surface area contributed by atoms with Crippen LogP contribution in [0.5, 0.6) is 11.6 Å². The standard InChI is InChI=1S/C13H10BrNO5S/c1-21(18,19)11-3-2-6-15-12(11)20-10-5-4-8(14)7-9(10)13(16)17/h2-7H,1H3,(H,16,17). The third-order valence-corrected chi connectivity index (χ3v) is 4.12. The lowest BCUT2D eigenvalue weighted by Gasteiger charge is -2.10. The number of hydrogen-bond donors (Lipinski definition) is 1. The second-order valence-electron chi connectivity index (χ2n) is 4.13. The zero-order valence-corrected chi connectivity index (χ0v) is 13.2. The third-order valence-electron chi connectivity index (χ3n) is 2.51. The van der Waals surface area contributed by atoms with Crippen LogP contribution in [-0.4, -0.2) is 30.7 Å². The van der Waals surface area contributed by atoms with E-state index < -0.39 is 15.8 Å². The summed E-state index contributed by atoms with van der Waals surface area (Å²) in [6, 6.07) is 7.18. The van der Waals surface area contributed by atoms with Gasteiger partial charge in [-0.2, -0.15) is 0 Å². The Kier molecular flexibility index (Phi) is 4.29. The molecule has 2 rings (SSSR count). The van der Waals surface area contributed by atoms with Gasteiger partial charge < -0.3 is 9.84 Å². The molecule has 8 heteroatoms. The van der Waals surface area contributed by atoms with Crippen molar-refractivity contribution in [3.8, 4) is 11.6 Å². The monoisotopic (exact) mass is 371 g/mol. The van der Waals surface area contributed by atoms with E-state index in [1.54, 1.807) is 6.07 Å². The minimum atomic E-state index is -3.54. The summed E-state index contributed by atoms with van der Waals surface area (Å²) in [7, 11) is -3.54. The fraction of sp³-hybridized carbons (Fsp3) is 0.0769. The number of aromatic nitrogens is 1. The summed E-state index contributed by atoms with van der Waals surface area (Å²) in [6.07, 6.45) is 2.39. The van der Waals surface area contributed by atoms with Crippen LogP contribution in [0.3, 0.4) is 0 Å². The normalized spacial score (nSPS) is 11.1. The average Bonchev–Trinajstić information content (AvgIpc) is 2.40.